The van der Waals surface area contributed by atoms with Gasteiger partial charge < -0.3 is 0 Å². The maximum atomic E-state index is 13.3. The Kier molecular flexibility index (Phi) is 5.62. The van der Waals surface area contributed by atoms with E-state index in [1.54, 1.807) is 12.1 Å². The van der Waals surface area contributed by atoms with Gasteiger partial charge in [0.05, 0.1) is 4.90 Å². The highest BCUT2D eigenvalue weighted by Gasteiger charge is 2.15. The van der Waals surface area contributed by atoms with Gasteiger partial charge >= 0.3 is 0 Å². The van der Waals surface area contributed by atoms with Crippen molar-refractivity contribution in [2.75, 3.05) is 6.54 Å². The van der Waals surface area contributed by atoms with Crippen molar-refractivity contribution in [1.82, 2.24) is 19.9 Å². The molecule has 6 nitrogen and oxygen atoms in total. The summed E-state index contributed by atoms with van der Waals surface area (Å²) in [7, 11) is -3.74. The molecule has 0 radical (unpaired) electrons. The van der Waals surface area contributed by atoms with Gasteiger partial charge in [-0.1, -0.05) is 12.1 Å². The highest BCUT2D eigenvalue weighted by molar-refractivity contribution is 7.89. The first-order chi connectivity index (χ1) is 12.8. The van der Waals surface area contributed by atoms with Gasteiger partial charge in [0.15, 0.2) is 5.82 Å². The third-order valence-corrected chi connectivity index (χ3v) is 5.38. The first kappa shape index (κ1) is 19.1. The third-order valence-electron chi connectivity index (χ3n) is 3.92. The summed E-state index contributed by atoms with van der Waals surface area (Å²) in [5, 5.41) is 6.80. The number of aromatic nitrogens is 3. The normalized spacial score (nSPS) is 11.7. The monoisotopic (exact) mass is 392 g/mol. The zero-order valence-electron chi connectivity index (χ0n) is 14.5. The number of rotatable bonds is 7. The lowest BCUT2D eigenvalue weighted by Gasteiger charge is -2.07. The molecule has 0 unspecified atom stereocenters. The van der Waals surface area contributed by atoms with Crippen LogP contribution in [0.1, 0.15) is 22.8 Å². The Balaban J connectivity index is 1.57. The van der Waals surface area contributed by atoms with Crippen molar-refractivity contribution in [2.24, 2.45) is 0 Å². The van der Waals surface area contributed by atoms with Gasteiger partial charge in [-0.25, -0.2) is 26.9 Å². The number of aryl methyl sites for hydroxylation is 1. The number of benzene rings is 2. The van der Waals surface area contributed by atoms with Crippen molar-refractivity contribution < 1.29 is 17.2 Å². The molecule has 0 bridgehead atoms. The molecule has 0 aliphatic carbocycles. The summed E-state index contributed by atoms with van der Waals surface area (Å²) >= 11 is 0. The molecular formula is C18H18F2N4O2S. The summed E-state index contributed by atoms with van der Waals surface area (Å²) in [6.45, 7) is 1.60. The van der Waals surface area contributed by atoms with E-state index in [1.165, 1.54) is 31.2 Å². The molecule has 3 aromatic rings. The summed E-state index contributed by atoms with van der Waals surface area (Å²) in [4.78, 5) is 4.28. The molecule has 9 heteroatoms. The van der Waals surface area contributed by atoms with Crippen LogP contribution >= 0.6 is 0 Å². The van der Waals surface area contributed by atoms with Crippen LogP contribution in [-0.2, 0) is 22.9 Å². The maximum absolute atomic E-state index is 13.3. The van der Waals surface area contributed by atoms with Crippen LogP contribution in [0.25, 0.3) is 0 Å². The molecule has 3 rings (SSSR count). The number of halogens is 2. The van der Waals surface area contributed by atoms with Crippen molar-refractivity contribution in [3.8, 4) is 0 Å². The number of hydrogen-bond acceptors (Lipinski definition) is 4. The molecule has 0 atom stereocenters. The Bertz CT molecular complexity index is 1050. The van der Waals surface area contributed by atoms with Crippen molar-refractivity contribution in [3.63, 3.8) is 0 Å². The molecule has 0 saturated carbocycles. The Hall–Kier alpha value is -2.65. The molecule has 0 aliphatic heterocycles. The second-order valence-electron chi connectivity index (χ2n) is 6.06. The fraction of sp³-hybridized carbons (Fsp3) is 0.222. The number of H-pyrrole nitrogens is 1. The molecule has 0 fully saturated rings. The van der Waals surface area contributed by atoms with Gasteiger partial charge in [0.2, 0.25) is 10.0 Å². The Morgan fingerprint density at radius 3 is 2.70 bits per heavy atom. The Morgan fingerprint density at radius 1 is 1.15 bits per heavy atom. The van der Waals surface area contributed by atoms with Crippen molar-refractivity contribution in [3.05, 3.63) is 76.9 Å². The second kappa shape index (κ2) is 7.93. The molecular weight excluding hydrogens is 374 g/mol. The third kappa shape index (κ3) is 4.95. The summed E-state index contributed by atoms with van der Waals surface area (Å²) in [6, 6.07) is 9.80. The quantitative estimate of drug-likeness (QED) is 0.647. The van der Waals surface area contributed by atoms with Crippen molar-refractivity contribution >= 4 is 10.0 Å². The second-order valence-corrected chi connectivity index (χ2v) is 7.83. The molecule has 0 aliphatic rings. The van der Waals surface area contributed by atoms with Gasteiger partial charge in [0.1, 0.15) is 17.5 Å². The number of sulfonamides is 1. The molecule has 142 valence electrons. The summed E-state index contributed by atoms with van der Waals surface area (Å²) < 4.78 is 53.4. The van der Waals surface area contributed by atoms with Crippen LogP contribution < -0.4 is 4.72 Å². The van der Waals surface area contributed by atoms with Crippen LogP contribution in [0.5, 0.6) is 0 Å². The number of aromatic amines is 1. The summed E-state index contributed by atoms with van der Waals surface area (Å²) in [6.07, 6.45) is 0.671. The van der Waals surface area contributed by atoms with Crippen LogP contribution in [-0.4, -0.2) is 30.1 Å². The van der Waals surface area contributed by atoms with Gasteiger partial charge in [-0.15, -0.1) is 0 Å². The SMILES string of the molecule is Cc1cc(S(=O)(=O)NCCc2n[nH]c(Cc3cccc(F)c3)n2)ccc1F. The highest BCUT2D eigenvalue weighted by Crippen LogP contribution is 2.14. The van der Waals surface area contributed by atoms with Crippen molar-refractivity contribution in [1.29, 1.82) is 0 Å². The predicted molar refractivity (Wildman–Crippen MR) is 95.6 cm³/mol. The van der Waals surface area contributed by atoms with Crippen LogP contribution in [0, 0.1) is 18.6 Å². The largest absolute Gasteiger partial charge is 0.263 e. The maximum Gasteiger partial charge on any atom is 0.240 e. The average Bonchev–Trinajstić information content (AvgIpc) is 3.04. The molecule has 1 aromatic heterocycles. The first-order valence-electron chi connectivity index (χ1n) is 8.24. The smallest absolute Gasteiger partial charge is 0.240 e. The van der Waals surface area contributed by atoms with Crippen LogP contribution in [0.2, 0.25) is 0 Å². The lowest BCUT2D eigenvalue weighted by atomic mass is 10.1. The average molecular weight is 392 g/mol. The van der Waals surface area contributed by atoms with E-state index in [0.29, 0.717) is 18.1 Å². The van der Waals surface area contributed by atoms with Gasteiger partial charge in [-0.05, 0) is 48.4 Å². The summed E-state index contributed by atoms with van der Waals surface area (Å²) in [5.41, 5.74) is 1.01. The van der Waals surface area contributed by atoms with Gasteiger partial charge in [0.25, 0.3) is 0 Å². The predicted octanol–water partition coefficient (Wildman–Crippen LogP) is 2.50. The van der Waals surface area contributed by atoms with E-state index in [1.807, 2.05) is 0 Å². The fourth-order valence-corrected chi connectivity index (χ4v) is 3.65. The van der Waals surface area contributed by atoms with E-state index in [-0.39, 0.29) is 29.2 Å². The van der Waals surface area contributed by atoms with E-state index < -0.39 is 15.8 Å². The molecule has 2 N–H and O–H groups in total. The van der Waals surface area contributed by atoms with E-state index in [9.17, 15) is 17.2 Å². The van der Waals surface area contributed by atoms with Crippen LogP contribution in [0.15, 0.2) is 47.4 Å². The van der Waals surface area contributed by atoms with Crippen LogP contribution in [0.3, 0.4) is 0 Å². The molecule has 1 heterocycles. The van der Waals surface area contributed by atoms with Gasteiger partial charge in [0, 0.05) is 19.4 Å². The Labute approximate surface area is 155 Å². The lowest BCUT2D eigenvalue weighted by Crippen LogP contribution is -2.26. The minimum absolute atomic E-state index is 0.00294. The standard InChI is InChI=1S/C18H18F2N4O2S/c1-12-9-15(5-6-16(12)20)27(25,26)21-8-7-17-22-18(24-23-17)11-13-3-2-4-14(19)10-13/h2-6,9-10,21H,7-8,11H2,1H3,(H,22,23,24). The molecule has 0 saturated heterocycles. The van der Waals surface area contributed by atoms with Gasteiger partial charge in [-0.2, -0.15) is 5.10 Å². The summed E-state index contributed by atoms with van der Waals surface area (Å²) in [5.74, 6) is 0.227. The fourth-order valence-electron chi connectivity index (χ4n) is 2.53. The highest BCUT2D eigenvalue weighted by atomic mass is 32.2. The first-order valence-corrected chi connectivity index (χ1v) is 9.72. The Morgan fingerprint density at radius 2 is 1.96 bits per heavy atom. The van der Waals surface area contributed by atoms with E-state index in [0.717, 1.165) is 11.6 Å². The minimum atomic E-state index is -3.74. The topological polar surface area (TPSA) is 87.7 Å². The van der Waals surface area contributed by atoms with E-state index in [4.69, 9.17) is 0 Å². The molecule has 2 aromatic carbocycles. The van der Waals surface area contributed by atoms with Crippen molar-refractivity contribution in [2.45, 2.75) is 24.7 Å². The van der Waals surface area contributed by atoms with E-state index >= 15 is 0 Å². The lowest BCUT2D eigenvalue weighted by molar-refractivity contribution is 0.579. The minimum Gasteiger partial charge on any atom is -0.263 e. The zero-order chi connectivity index (χ0) is 19.4. The molecule has 27 heavy (non-hydrogen) atoms. The molecule has 0 amide bonds. The van der Waals surface area contributed by atoms with E-state index in [2.05, 4.69) is 19.9 Å². The zero-order valence-corrected chi connectivity index (χ0v) is 15.4. The number of hydrogen-bond donors (Lipinski definition) is 2. The van der Waals surface area contributed by atoms with Gasteiger partial charge in [-0.3, -0.25) is 5.10 Å². The van der Waals surface area contributed by atoms with Crippen LogP contribution in [0.4, 0.5) is 8.78 Å². The molecule has 0 spiro atoms. The number of nitrogens with zero attached hydrogens (tertiary/aromatic N) is 2. The number of nitrogens with one attached hydrogen (secondary N) is 2.